The molecule has 0 aliphatic carbocycles. The van der Waals surface area contributed by atoms with Crippen LogP contribution in [0.2, 0.25) is 0 Å². The van der Waals surface area contributed by atoms with E-state index in [1.54, 1.807) is 0 Å². The zero-order valence-electron chi connectivity index (χ0n) is 18.6. The van der Waals surface area contributed by atoms with Crippen LogP contribution in [-0.4, -0.2) is 28.1 Å². The second-order valence-corrected chi connectivity index (χ2v) is 7.87. The van der Waals surface area contributed by atoms with Gasteiger partial charge in [-0.3, -0.25) is 9.59 Å². The number of hydrogen-bond donors (Lipinski definition) is 3. The molecule has 162 valence electrons. The second-order valence-electron chi connectivity index (χ2n) is 7.87. The number of anilines is 3. The molecule has 0 saturated carbocycles. The van der Waals surface area contributed by atoms with Crippen molar-refractivity contribution in [2.75, 3.05) is 22.5 Å². The van der Waals surface area contributed by atoms with Crippen molar-refractivity contribution in [1.82, 2.24) is 9.78 Å². The topological polar surface area (TPSA) is 88.1 Å². The van der Waals surface area contributed by atoms with Crippen LogP contribution in [0, 0.1) is 26.7 Å². The molecule has 2 aromatic carbocycles. The lowest BCUT2D eigenvalue weighted by atomic mass is 10.1. The molecular formula is C24H29N5O2. The maximum Gasteiger partial charge on any atom is 0.243 e. The summed E-state index contributed by atoms with van der Waals surface area (Å²) < 4.78 is 1.82. The Hall–Kier alpha value is -3.61. The van der Waals surface area contributed by atoms with Gasteiger partial charge < -0.3 is 16.0 Å². The Kier molecular flexibility index (Phi) is 6.74. The average Bonchev–Trinajstić information content (AvgIpc) is 3.02. The van der Waals surface area contributed by atoms with Gasteiger partial charge in [0.05, 0.1) is 29.3 Å². The van der Waals surface area contributed by atoms with Gasteiger partial charge in [-0.25, -0.2) is 4.68 Å². The summed E-state index contributed by atoms with van der Waals surface area (Å²) in [7, 11) is 0. The predicted molar refractivity (Wildman–Crippen MR) is 125 cm³/mol. The smallest absolute Gasteiger partial charge is 0.243 e. The van der Waals surface area contributed by atoms with Crippen molar-refractivity contribution in [2.24, 2.45) is 5.92 Å². The molecule has 2 amide bonds. The van der Waals surface area contributed by atoms with E-state index in [1.807, 2.05) is 87.8 Å². The third-order valence-corrected chi connectivity index (χ3v) is 5.03. The Balaban J connectivity index is 1.67. The van der Waals surface area contributed by atoms with E-state index in [4.69, 9.17) is 0 Å². The molecule has 0 bridgehead atoms. The number of para-hydroxylation sites is 1. The second kappa shape index (κ2) is 9.47. The fourth-order valence-electron chi connectivity index (χ4n) is 3.18. The average molecular weight is 420 g/mol. The highest BCUT2D eigenvalue weighted by Gasteiger charge is 2.15. The van der Waals surface area contributed by atoms with E-state index in [9.17, 15) is 9.59 Å². The highest BCUT2D eigenvalue weighted by Crippen LogP contribution is 2.23. The van der Waals surface area contributed by atoms with Crippen LogP contribution < -0.4 is 16.0 Å². The molecule has 0 aliphatic heterocycles. The van der Waals surface area contributed by atoms with Crippen LogP contribution in [0.15, 0.2) is 48.5 Å². The molecule has 0 fully saturated rings. The lowest BCUT2D eigenvalue weighted by Crippen LogP contribution is -2.23. The van der Waals surface area contributed by atoms with Crippen molar-refractivity contribution in [3.8, 4) is 5.69 Å². The van der Waals surface area contributed by atoms with E-state index in [1.165, 1.54) is 0 Å². The van der Waals surface area contributed by atoms with E-state index in [0.29, 0.717) is 11.4 Å². The zero-order valence-corrected chi connectivity index (χ0v) is 18.6. The fraction of sp³-hybridized carbons (Fsp3) is 0.292. The summed E-state index contributed by atoms with van der Waals surface area (Å²) >= 11 is 0. The van der Waals surface area contributed by atoms with Crippen molar-refractivity contribution in [3.63, 3.8) is 0 Å². The fourth-order valence-corrected chi connectivity index (χ4v) is 3.18. The molecule has 0 aliphatic rings. The lowest BCUT2D eigenvalue weighted by molar-refractivity contribution is -0.119. The van der Waals surface area contributed by atoms with Gasteiger partial charge in [0.15, 0.2) is 0 Å². The van der Waals surface area contributed by atoms with Crippen LogP contribution in [0.25, 0.3) is 5.69 Å². The van der Waals surface area contributed by atoms with E-state index in [2.05, 4.69) is 21.0 Å². The van der Waals surface area contributed by atoms with Gasteiger partial charge in [-0.15, -0.1) is 0 Å². The molecule has 0 spiro atoms. The summed E-state index contributed by atoms with van der Waals surface area (Å²) in [6, 6.07) is 15.4. The summed E-state index contributed by atoms with van der Waals surface area (Å²) in [6.07, 6.45) is 0. The molecule has 1 aromatic heterocycles. The Morgan fingerprint density at radius 3 is 2.39 bits per heavy atom. The van der Waals surface area contributed by atoms with Gasteiger partial charge in [-0.05, 0) is 50.6 Å². The summed E-state index contributed by atoms with van der Waals surface area (Å²) in [4.78, 5) is 24.6. The maximum absolute atomic E-state index is 12.6. The number of aromatic nitrogens is 2. The zero-order chi connectivity index (χ0) is 22.5. The van der Waals surface area contributed by atoms with Gasteiger partial charge >= 0.3 is 0 Å². The Morgan fingerprint density at radius 2 is 1.71 bits per heavy atom. The molecule has 0 radical (unpaired) electrons. The minimum Gasteiger partial charge on any atom is -0.376 e. The minimum atomic E-state index is -0.171. The van der Waals surface area contributed by atoms with Crippen LogP contribution in [0.4, 0.5) is 17.1 Å². The first kappa shape index (κ1) is 22.1. The normalized spacial score (nSPS) is 10.8. The molecule has 7 heteroatoms. The number of nitrogens with zero attached hydrogens (tertiary/aromatic N) is 2. The molecular weight excluding hydrogens is 390 g/mol. The van der Waals surface area contributed by atoms with Gasteiger partial charge in [0, 0.05) is 17.3 Å². The van der Waals surface area contributed by atoms with Gasteiger partial charge in [-0.2, -0.15) is 5.10 Å². The number of rotatable bonds is 7. The maximum atomic E-state index is 12.6. The van der Waals surface area contributed by atoms with Gasteiger partial charge in [0.2, 0.25) is 11.8 Å². The molecule has 3 N–H and O–H groups in total. The molecule has 0 unspecified atom stereocenters. The van der Waals surface area contributed by atoms with Crippen molar-refractivity contribution in [2.45, 2.75) is 34.6 Å². The molecule has 1 heterocycles. The predicted octanol–water partition coefficient (Wildman–Crippen LogP) is 4.44. The van der Waals surface area contributed by atoms with Crippen molar-refractivity contribution < 1.29 is 9.59 Å². The highest BCUT2D eigenvalue weighted by molar-refractivity contribution is 5.95. The SMILES string of the molecule is Cc1ccc(NC(=O)C(C)C)cc1NCC(=O)Nc1c(C)nn(-c2ccccc2)c1C. The third-order valence-electron chi connectivity index (χ3n) is 5.03. The molecule has 31 heavy (non-hydrogen) atoms. The third kappa shape index (κ3) is 5.31. The number of amides is 2. The molecule has 3 aromatic rings. The Morgan fingerprint density at radius 1 is 1.00 bits per heavy atom. The van der Waals surface area contributed by atoms with Crippen LogP contribution in [-0.2, 0) is 9.59 Å². The van der Waals surface area contributed by atoms with Gasteiger partial charge in [0.1, 0.15) is 0 Å². The molecule has 3 rings (SSSR count). The number of aryl methyl sites for hydroxylation is 2. The summed E-state index contributed by atoms with van der Waals surface area (Å²) in [5.41, 5.74) is 5.76. The number of carbonyl (C=O) groups excluding carboxylic acids is 2. The summed E-state index contributed by atoms with van der Waals surface area (Å²) in [6.45, 7) is 9.54. The van der Waals surface area contributed by atoms with E-state index >= 15 is 0 Å². The minimum absolute atomic E-state index is 0.0473. The Labute approximate surface area is 182 Å². The van der Waals surface area contributed by atoms with E-state index < -0.39 is 0 Å². The van der Waals surface area contributed by atoms with Crippen LogP contribution in [0.1, 0.15) is 30.8 Å². The highest BCUT2D eigenvalue weighted by atomic mass is 16.2. The first-order valence-corrected chi connectivity index (χ1v) is 10.3. The van der Waals surface area contributed by atoms with Crippen molar-refractivity contribution in [3.05, 3.63) is 65.5 Å². The van der Waals surface area contributed by atoms with Gasteiger partial charge in [0.25, 0.3) is 0 Å². The first-order chi connectivity index (χ1) is 14.8. The molecule has 0 atom stereocenters. The number of carbonyl (C=O) groups is 2. The number of hydrogen-bond acceptors (Lipinski definition) is 4. The Bertz CT molecular complexity index is 1090. The monoisotopic (exact) mass is 419 g/mol. The van der Waals surface area contributed by atoms with Crippen LogP contribution in [0.5, 0.6) is 0 Å². The van der Waals surface area contributed by atoms with Crippen molar-refractivity contribution >= 4 is 28.9 Å². The van der Waals surface area contributed by atoms with Crippen molar-refractivity contribution in [1.29, 1.82) is 0 Å². The van der Waals surface area contributed by atoms with Gasteiger partial charge in [-0.1, -0.05) is 38.1 Å². The molecule has 0 saturated heterocycles. The number of benzene rings is 2. The summed E-state index contributed by atoms with van der Waals surface area (Å²) in [5.74, 6) is -0.324. The first-order valence-electron chi connectivity index (χ1n) is 10.3. The number of nitrogens with one attached hydrogen (secondary N) is 3. The van der Waals surface area contributed by atoms with Crippen LogP contribution in [0.3, 0.4) is 0 Å². The van der Waals surface area contributed by atoms with E-state index in [-0.39, 0.29) is 24.3 Å². The van der Waals surface area contributed by atoms with E-state index in [0.717, 1.165) is 28.3 Å². The summed E-state index contributed by atoms with van der Waals surface area (Å²) in [5, 5.41) is 13.6. The molecule has 7 nitrogen and oxygen atoms in total. The van der Waals surface area contributed by atoms with Crippen LogP contribution >= 0.6 is 0 Å². The standard InChI is InChI=1S/C24H29N5O2/c1-15(2)24(31)26-19-12-11-16(3)21(13-19)25-14-22(30)27-23-17(4)28-29(18(23)5)20-9-7-6-8-10-20/h6-13,15,25H,14H2,1-5H3,(H,26,31)(H,27,30). The largest absolute Gasteiger partial charge is 0.376 e. The lowest BCUT2D eigenvalue weighted by Gasteiger charge is -2.13. The quantitative estimate of drug-likeness (QED) is 0.528.